The van der Waals surface area contributed by atoms with E-state index in [-0.39, 0.29) is 16.6 Å². The molecule has 0 spiro atoms. The summed E-state index contributed by atoms with van der Waals surface area (Å²) in [6, 6.07) is 1.70. The number of aliphatic hydroxyl groups is 1. The van der Waals surface area contributed by atoms with Crippen molar-refractivity contribution in [2.24, 2.45) is 5.92 Å². The predicted molar refractivity (Wildman–Crippen MR) is 66.5 cm³/mol. The first-order valence-electron chi connectivity index (χ1n) is 6.02. The number of likely N-dealkylation sites (N-methyl/N-ethyl adjacent to an activating group) is 1. The van der Waals surface area contributed by atoms with Crippen molar-refractivity contribution in [3.63, 3.8) is 0 Å². The number of rotatable bonds is 5. The van der Waals surface area contributed by atoms with E-state index in [2.05, 4.69) is 5.32 Å². The van der Waals surface area contributed by atoms with E-state index in [1.54, 1.807) is 7.05 Å². The Labute approximate surface area is 110 Å². The first-order chi connectivity index (χ1) is 8.52. The van der Waals surface area contributed by atoms with Gasteiger partial charge in [0.2, 0.25) is 0 Å². The van der Waals surface area contributed by atoms with E-state index < -0.39 is 17.7 Å². The van der Waals surface area contributed by atoms with Crippen LogP contribution in [0.3, 0.4) is 0 Å². The zero-order valence-electron chi connectivity index (χ0n) is 10.1. The fourth-order valence-electron chi connectivity index (χ4n) is 2.15. The molecule has 18 heavy (non-hydrogen) atoms. The van der Waals surface area contributed by atoms with Crippen molar-refractivity contribution in [3.8, 4) is 0 Å². The third-order valence-electron chi connectivity index (χ3n) is 3.38. The van der Waals surface area contributed by atoms with Crippen LogP contribution in [0.4, 0.5) is 8.78 Å². The molecule has 2 nitrogen and oxygen atoms in total. The fraction of sp³-hybridized carbons (Fsp3) is 0.538. The van der Waals surface area contributed by atoms with Crippen LogP contribution in [0.5, 0.6) is 0 Å². The number of hydrogen-bond acceptors (Lipinski definition) is 2. The van der Waals surface area contributed by atoms with Gasteiger partial charge in [-0.05, 0) is 31.5 Å². The maximum atomic E-state index is 13.7. The minimum Gasteiger partial charge on any atom is -0.387 e. The van der Waals surface area contributed by atoms with Crippen molar-refractivity contribution in [2.45, 2.75) is 31.4 Å². The Bertz CT molecular complexity index is 414. The lowest BCUT2D eigenvalue weighted by atomic mass is 9.97. The highest BCUT2D eigenvalue weighted by molar-refractivity contribution is 6.30. The quantitative estimate of drug-likeness (QED) is 0.866. The Kier molecular flexibility index (Phi) is 4.20. The van der Waals surface area contributed by atoms with Crippen LogP contribution in [0.25, 0.3) is 0 Å². The lowest BCUT2D eigenvalue weighted by Crippen LogP contribution is -2.33. The Morgan fingerprint density at radius 3 is 2.39 bits per heavy atom. The number of aliphatic hydroxyl groups excluding tert-OH is 1. The fourth-order valence-corrected chi connectivity index (χ4v) is 2.35. The molecule has 0 bridgehead atoms. The van der Waals surface area contributed by atoms with Gasteiger partial charge in [-0.3, -0.25) is 0 Å². The lowest BCUT2D eigenvalue weighted by Gasteiger charge is -2.23. The average Bonchev–Trinajstić information content (AvgIpc) is 3.07. The van der Waals surface area contributed by atoms with Gasteiger partial charge in [-0.15, -0.1) is 0 Å². The number of hydrogen-bond donors (Lipinski definition) is 2. The van der Waals surface area contributed by atoms with Crippen molar-refractivity contribution >= 4 is 11.6 Å². The second-order valence-corrected chi connectivity index (χ2v) is 5.24. The second kappa shape index (κ2) is 5.51. The number of benzene rings is 1. The molecule has 0 aromatic heterocycles. The standard InChI is InChI=1S/C13H16ClF2NO/c1-17-11(4-7-2-3-7)13(18)12-9(15)5-8(14)6-10(12)16/h5-7,11,13,17-18H,2-4H2,1H3/t11-,13?/m0/s1. The van der Waals surface area contributed by atoms with Crippen molar-refractivity contribution in [1.82, 2.24) is 5.32 Å². The molecular formula is C13H16ClF2NO. The van der Waals surface area contributed by atoms with E-state index in [0.29, 0.717) is 5.92 Å². The van der Waals surface area contributed by atoms with Crippen LogP contribution >= 0.6 is 11.6 Å². The summed E-state index contributed by atoms with van der Waals surface area (Å²) in [6.07, 6.45) is 1.76. The van der Waals surface area contributed by atoms with E-state index >= 15 is 0 Å². The molecule has 0 amide bonds. The zero-order chi connectivity index (χ0) is 13.3. The second-order valence-electron chi connectivity index (χ2n) is 4.80. The molecule has 0 saturated heterocycles. The highest BCUT2D eigenvalue weighted by Gasteiger charge is 2.31. The maximum Gasteiger partial charge on any atom is 0.133 e. The molecule has 1 aliphatic rings. The van der Waals surface area contributed by atoms with Gasteiger partial charge in [0, 0.05) is 11.1 Å². The van der Waals surface area contributed by atoms with Crippen LogP contribution in [0.1, 0.15) is 30.9 Å². The Morgan fingerprint density at radius 2 is 1.94 bits per heavy atom. The largest absolute Gasteiger partial charge is 0.387 e. The summed E-state index contributed by atoms with van der Waals surface area (Å²) in [5, 5.41) is 13.0. The molecular weight excluding hydrogens is 260 g/mol. The van der Waals surface area contributed by atoms with Gasteiger partial charge in [0.05, 0.1) is 11.7 Å². The van der Waals surface area contributed by atoms with Gasteiger partial charge in [0.25, 0.3) is 0 Å². The normalized spacial score (nSPS) is 18.7. The highest BCUT2D eigenvalue weighted by atomic mass is 35.5. The number of nitrogens with one attached hydrogen (secondary N) is 1. The predicted octanol–water partition coefficient (Wildman–Crippen LogP) is 3.04. The molecule has 0 radical (unpaired) electrons. The topological polar surface area (TPSA) is 32.3 Å². The van der Waals surface area contributed by atoms with Crippen molar-refractivity contribution in [1.29, 1.82) is 0 Å². The summed E-state index contributed by atoms with van der Waals surface area (Å²) < 4.78 is 27.4. The molecule has 2 atom stereocenters. The third kappa shape index (κ3) is 2.99. The van der Waals surface area contributed by atoms with Crippen LogP contribution in [0, 0.1) is 17.6 Å². The van der Waals surface area contributed by atoms with Gasteiger partial charge in [-0.2, -0.15) is 0 Å². The van der Waals surface area contributed by atoms with Gasteiger partial charge in [0.1, 0.15) is 11.6 Å². The first kappa shape index (κ1) is 13.7. The molecule has 1 fully saturated rings. The Morgan fingerprint density at radius 1 is 1.39 bits per heavy atom. The lowest BCUT2D eigenvalue weighted by molar-refractivity contribution is 0.117. The van der Waals surface area contributed by atoms with Crippen molar-refractivity contribution in [2.75, 3.05) is 7.05 Å². The summed E-state index contributed by atoms with van der Waals surface area (Å²) in [6.45, 7) is 0. The zero-order valence-corrected chi connectivity index (χ0v) is 10.8. The smallest absolute Gasteiger partial charge is 0.133 e. The molecule has 1 aromatic carbocycles. The van der Waals surface area contributed by atoms with E-state index in [1.807, 2.05) is 0 Å². The van der Waals surface area contributed by atoms with Gasteiger partial charge in [-0.1, -0.05) is 24.4 Å². The third-order valence-corrected chi connectivity index (χ3v) is 3.59. The molecule has 1 aromatic rings. The molecule has 1 aliphatic carbocycles. The Hall–Kier alpha value is -0.710. The molecule has 5 heteroatoms. The van der Waals surface area contributed by atoms with E-state index in [0.717, 1.165) is 31.4 Å². The van der Waals surface area contributed by atoms with Crippen LogP contribution < -0.4 is 5.32 Å². The van der Waals surface area contributed by atoms with Gasteiger partial charge in [-0.25, -0.2) is 8.78 Å². The SMILES string of the molecule is CN[C@@H](CC1CC1)C(O)c1c(F)cc(Cl)cc1F. The summed E-state index contributed by atoms with van der Waals surface area (Å²) in [7, 11) is 1.68. The average molecular weight is 276 g/mol. The van der Waals surface area contributed by atoms with Gasteiger partial charge >= 0.3 is 0 Å². The van der Waals surface area contributed by atoms with Gasteiger partial charge < -0.3 is 10.4 Å². The van der Waals surface area contributed by atoms with E-state index in [1.165, 1.54) is 0 Å². The van der Waals surface area contributed by atoms with Crippen LogP contribution in [0.2, 0.25) is 5.02 Å². The van der Waals surface area contributed by atoms with Gasteiger partial charge in [0.15, 0.2) is 0 Å². The van der Waals surface area contributed by atoms with Crippen LogP contribution in [-0.4, -0.2) is 18.2 Å². The molecule has 100 valence electrons. The summed E-state index contributed by atoms with van der Waals surface area (Å²) in [4.78, 5) is 0. The minimum atomic E-state index is -1.20. The minimum absolute atomic E-state index is 0.0100. The summed E-state index contributed by atoms with van der Waals surface area (Å²) in [5.41, 5.74) is -0.306. The molecule has 1 saturated carbocycles. The molecule has 0 heterocycles. The number of halogens is 3. The summed E-state index contributed by atoms with van der Waals surface area (Å²) in [5.74, 6) is -1.05. The van der Waals surface area contributed by atoms with E-state index in [9.17, 15) is 13.9 Å². The maximum absolute atomic E-state index is 13.7. The van der Waals surface area contributed by atoms with Crippen LogP contribution in [0.15, 0.2) is 12.1 Å². The summed E-state index contributed by atoms with van der Waals surface area (Å²) >= 11 is 5.56. The monoisotopic (exact) mass is 275 g/mol. The van der Waals surface area contributed by atoms with E-state index in [4.69, 9.17) is 11.6 Å². The molecule has 2 rings (SSSR count). The van der Waals surface area contributed by atoms with Crippen LogP contribution in [-0.2, 0) is 0 Å². The molecule has 1 unspecified atom stereocenters. The Balaban J connectivity index is 2.22. The van der Waals surface area contributed by atoms with Crippen molar-refractivity contribution in [3.05, 3.63) is 34.4 Å². The van der Waals surface area contributed by atoms with Crippen molar-refractivity contribution < 1.29 is 13.9 Å². The highest BCUT2D eigenvalue weighted by Crippen LogP contribution is 2.37. The first-order valence-corrected chi connectivity index (χ1v) is 6.40. The molecule has 0 aliphatic heterocycles. The molecule has 2 N–H and O–H groups in total.